The highest BCUT2D eigenvalue weighted by molar-refractivity contribution is 5.46. The second kappa shape index (κ2) is 4.12. The van der Waals surface area contributed by atoms with Crippen LogP contribution in [0.4, 0.5) is 4.39 Å². The van der Waals surface area contributed by atoms with Crippen LogP contribution in [-0.4, -0.2) is 14.0 Å². The number of alkyl halides is 1. The average molecular weight is 184 g/mol. The van der Waals surface area contributed by atoms with E-state index in [-0.39, 0.29) is 0 Å². The third-order valence-corrected chi connectivity index (χ3v) is 1.89. The molecular formula is C10H13FO2. The van der Waals surface area contributed by atoms with Crippen LogP contribution >= 0.6 is 0 Å². The molecule has 0 saturated carbocycles. The van der Waals surface area contributed by atoms with E-state index in [0.717, 1.165) is 16.9 Å². The summed E-state index contributed by atoms with van der Waals surface area (Å²) in [6.07, 6.45) is 0. The van der Waals surface area contributed by atoms with Gasteiger partial charge in [-0.15, -0.1) is 0 Å². The maximum absolute atomic E-state index is 12.0. The number of rotatable bonds is 3. The van der Waals surface area contributed by atoms with Crippen LogP contribution in [0.1, 0.15) is 11.1 Å². The van der Waals surface area contributed by atoms with Crippen molar-refractivity contribution in [3.63, 3.8) is 0 Å². The molecule has 0 heterocycles. The fraction of sp³-hybridized carbons (Fsp3) is 0.400. The molecule has 0 fully saturated rings. The van der Waals surface area contributed by atoms with E-state index in [1.807, 2.05) is 19.9 Å². The van der Waals surface area contributed by atoms with Crippen LogP contribution in [0, 0.1) is 13.8 Å². The highest BCUT2D eigenvalue weighted by Crippen LogP contribution is 2.29. The lowest BCUT2D eigenvalue weighted by molar-refractivity contribution is 0.190. The number of halogens is 1. The molecule has 3 heteroatoms. The number of hydrogen-bond donors (Lipinski definition) is 0. The Kier molecular flexibility index (Phi) is 3.12. The zero-order chi connectivity index (χ0) is 9.84. The minimum atomic E-state index is -0.812. The highest BCUT2D eigenvalue weighted by atomic mass is 19.1. The maximum Gasteiger partial charge on any atom is 0.228 e. The lowest BCUT2D eigenvalue weighted by Crippen LogP contribution is -1.96. The minimum absolute atomic E-state index is 0.541. The second-order valence-electron chi connectivity index (χ2n) is 2.84. The first kappa shape index (κ1) is 9.84. The highest BCUT2D eigenvalue weighted by Gasteiger charge is 2.06. The molecule has 0 aliphatic carbocycles. The number of ether oxygens (including phenoxy) is 2. The predicted octanol–water partition coefficient (Wildman–Crippen LogP) is 2.62. The van der Waals surface area contributed by atoms with E-state index in [4.69, 9.17) is 9.47 Å². The molecule has 0 aliphatic rings. The van der Waals surface area contributed by atoms with Gasteiger partial charge in [0.1, 0.15) is 11.5 Å². The molecular weight excluding hydrogens is 171 g/mol. The van der Waals surface area contributed by atoms with Crippen molar-refractivity contribution in [3.05, 3.63) is 23.3 Å². The molecule has 1 aromatic rings. The lowest BCUT2D eigenvalue weighted by Gasteiger charge is -2.10. The predicted molar refractivity (Wildman–Crippen MR) is 49.1 cm³/mol. The molecule has 0 atom stereocenters. The molecule has 0 aromatic heterocycles. The van der Waals surface area contributed by atoms with Crippen molar-refractivity contribution in [2.45, 2.75) is 13.8 Å². The zero-order valence-electron chi connectivity index (χ0n) is 8.06. The van der Waals surface area contributed by atoms with Crippen LogP contribution in [0.5, 0.6) is 11.5 Å². The summed E-state index contributed by atoms with van der Waals surface area (Å²) in [6.45, 7) is 2.93. The van der Waals surface area contributed by atoms with E-state index in [0.29, 0.717) is 5.75 Å². The van der Waals surface area contributed by atoms with Crippen LogP contribution in [-0.2, 0) is 0 Å². The molecule has 0 spiro atoms. The monoisotopic (exact) mass is 184 g/mol. The second-order valence-corrected chi connectivity index (χ2v) is 2.84. The third kappa shape index (κ3) is 2.11. The van der Waals surface area contributed by atoms with Crippen molar-refractivity contribution in [3.8, 4) is 11.5 Å². The standard InChI is InChI=1S/C10H13FO2/c1-7-4-9(12-3)8(2)10(5-7)13-6-11/h4-5H,6H2,1-3H3. The van der Waals surface area contributed by atoms with E-state index in [9.17, 15) is 4.39 Å². The molecule has 1 aromatic carbocycles. The first-order chi connectivity index (χ1) is 6.19. The van der Waals surface area contributed by atoms with Crippen molar-refractivity contribution in [1.82, 2.24) is 0 Å². The summed E-state index contributed by atoms with van der Waals surface area (Å²) in [5, 5.41) is 0. The fourth-order valence-corrected chi connectivity index (χ4v) is 1.21. The molecule has 0 unspecified atom stereocenters. The Balaban J connectivity index is 3.11. The van der Waals surface area contributed by atoms with Crippen LogP contribution in [0.2, 0.25) is 0 Å². The lowest BCUT2D eigenvalue weighted by atomic mass is 10.1. The molecule has 72 valence electrons. The van der Waals surface area contributed by atoms with Gasteiger partial charge in [-0.25, -0.2) is 4.39 Å². The Labute approximate surface area is 77.3 Å². The Hall–Kier alpha value is -1.25. The van der Waals surface area contributed by atoms with Crippen molar-refractivity contribution in [2.75, 3.05) is 14.0 Å². The smallest absolute Gasteiger partial charge is 0.228 e. The van der Waals surface area contributed by atoms with Crippen LogP contribution in [0.15, 0.2) is 12.1 Å². The molecule has 0 radical (unpaired) electrons. The number of aryl methyl sites for hydroxylation is 1. The molecule has 0 N–H and O–H groups in total. The maximum atomic E-state index is 12.0. The normalized spacial score (nSPS) is 9.85. The topological polar surface area (TPSA) is 18.5 Å². The quantitative estimate of drug-likeness (QED) is 0.718. The van der Waals surface area contributed by atoms with Gasteiger partial charge in [-0.2, -0.15) is 0 Å². The van der Waals surface area contributed by atoms with Crippen LogP contribution in [0.3, 0.4) is 0 Å². The van der Waals surface area contributed by atoms with Gasteiger partial charge in [0.2, 0.25) is 6.86 Å². The SMILES string of the molecule is COc1cc(C)cc(OCF)c1C. The van der Waals surface area contributed by atoms with E-state index in [1.165, 1.54) is 0 Å². The van der Waals surface area contributed by atoms with Gasteiger partial charge >= 0.3 is 0 Å². The van der Waals surface area contributed by atoms with Gasteiger partial charge in [0, 0.05) is 5.56 Å². The summed E-state index contributed by atoms with van der Waals surface area (Å²) in [7, 11) is 1.58. The molecule has 2 nitrogen and oxygen atoms in total. The summed E-state index contributed by atoms with van der Waals surface area (Å²) >= 11 is 0. The fourth-order valence-electron chi connectivity index (χ4n) is 1.21. The summed E-state index contributed by atoms with van der Waals surface area (Å²) < 4.78 is 21.9. The van der Waals surface area contributed by atoms with Gasteiger partial charge in [0.15, 0.2) is 0 Å². The van der Waals surface area contributed by atoms with Gasteiger partial charge in [0.05, 0.1) is 7.11 Å². The summed E-state index contributed by atoms with van der Waals surface area (Å²) in [5.41, 5.74) is 1.82. The van der Waals surface area contributed by atoms with Gasteiger partial charge < -0.3 is 9.47 Å². The van der Waals surface area contributed by atoms with Crippen LogP contribution in [0.25, 0.3) is 0 Å². The number of benzene rings is 1. The van der Waals surface area contributed by atoms with E-state index in [2.05, 4.69) is 0 Å². The van der Waals surface area contributed by atoms with Crippen molar-refractivity contribution in [2.24, 2.45) is 0 Å². The summed E-state index contributed by atoms with van der Waals surface area (Å²) in [5.74, 6) is 1.27. The average Bonchev–Trinajstić information content (AvgIpc) is 2.11. The zero-order valence-corrected chi connectivity index (χ0v) is 8.06. The molecule has 0 saturated heterocycles. The molecule has 0 aliphatic heterocycles. The molecule has 0 amide bonds. The Morgan fingerprint density at radius 3 is 2.38 bits per heavy atom. The molecule has 1 rings (SSSR count). The summed E-state index contributed by atoms with van der Waals surface area (Å²) in [4.78, 5) is 0. The minimum Gasteiger partial charge on any atom is -0.496 e. The third-order valence-electron chi connectivity index (χ3n) is 1.89. The van der Waals surface area contributed by atoms with Gasteiger partial charge in [-0.05, 0) is 31.5 Å². The largest absolute Gasteiger partial charge is 0.496 e. The van der Waals surface area contributed by atoms with E-state index < -0.39 is 6.86 Å². The van der Waals surface area contributed by atoms with E-state index >= 15 is 0 Å². The number of hydrogen-bond acceptors (Lipinski definition) is 2. The van der Waals surface area contributed by atoms with Crippen molar-refractivity contribution >= 4 is 0 Å². The van der Waals surface area contributed by atoms with Crippen LogP contribution < -0.4 is 9.47 Å². The van der Waals surface area contributed by atoms with Gasteiger partial charge in [-0.3, -0.25) is 0 Å². The summed E-state index contributed by atoms with van der Waals surface area (Å²) in [6, 6.07) is 3.68. The van der Waals surface area contributed by atoms with Gasteiger partial charge in [-0.1, -0.05) is 0 Å². The molecule has 13 heavy (non-hydrogen) atoms. The Morgan fingerprint density at radius 1 is 1.23 bits per heavy atom. The van der Waals surface area contributed by atoms with Crippen molar-refractivity contribution < 1.29 is 13.9 Å². The van der Waals surface area contributed by atoms with E-state index in [1.54, 1.807) is 13.2 Å². The first-order valence-electron chi connectivity index (χ1n) is 4.03. The Morgan fingerprint density at radius 2 is 1.85 bits per heavy atom. The number of methoxy groups -OCH3 is 1. The van der Waals surface area contributed by atoms with Crippen molar-refractivity contribution in [1.29, 1.82) is 0 Å². The van der Waals surface area contributed by atoms with Gasteiger partial charge in [0.25, 0.3) is 0 Å². The first-order valence-corrected chi connectivity index (χ1v) is 4.03. The Bertz CT molecular complexity index is 297. The molecule has 0 bridgehead atoms.